The van der Waals surface area contributed by atoms with Crippen LogP contribution in [0.5, 0.6) is 0 Å². The standard InChI is InChI=1S/C15H22ClN3O2.ClH/c1-9(2)19(4)15(21)11-5-6-12(16)13(7-11)18-14(20)10(3)8-17;/h5-7,9-10H,8,17H2,1-4H3,(H,18,20);1H. The van der Waals surface area contributed by atoms with Gasteiger partial charge in [-0.25, -0.2) is 0 Å². The Bertz CT molecular complexity index is 536. The Hall–Kier alpha value is -1.30. The lowest BCUT2D eigenvalue weighted by Gasteiger charge is -2.22. The first-order valence-corrected chi connectivity index (χ1v) is 7.23. The summed E-state index contributed by atoms with van der Waals surface area (Å²) in [4.78, 5) is 25.8. The summed E-state index contributed by atoms with van der Waals surface area (Å²) in [6, 6.07) is 4.92. The highest BCUT2D eigenvalue weighted by Gasteiger charge is 2.17. The highest BCUT2D eigenvalue weighted by atomic mass is 35.5. The van der Waals surface area contributed by atoms with Gasteiger partial charge >= 0.3 is 0 Å². The molecule has 1 rings (SSSR count). The lowest BCUT2D eigenvalue weighted by atomic mass is 10.1. The third kappa shape index (κ3) is 5.16. The number of benzene rings is 1. The highest BCUT2D eigenvalue weighted by molar-refractivity contribution is 6.33. The van der Waals surface area contributed by atoms with Gasteiger partial charge in [0.05, 0.1) is 10.7 Å². The first kappa shape index (κ1) is 20.7. The predicted octanol–water partition coefficient (Wildman–Crippen LogP) is 2.78. The second-order valence-corrected chi connectivity index (χ2v) is 5.74. The molecule has 124 valence electrons. The summed E-state index contributed by atoms with van der Waals surface area (Å²) in [5.74, 6) is -0.663. The fourth-order valence-corrected chi connectivity index (χ4v) is 1.72. The van der Waals surface area contributed by atoms with Gasteiger partial charge in [0, 0.05) is 31.1 Å². The van der Waals surface area contributed by atoms with Gasteiger partial charge in [0.1, 0.15) is 0 Å². The average molecular weight is 348 g/mol. The van der Waals surface area contributed by atoms with Gasteiger partial charge in [-0.3, -0.25) is 9.59 Å². The van der Waals surface area contributed by atoms with Crippen molar-refractivity contribution in [3.63, 3.8) is 0 Å². The highest BCUT2D eigenvalue weighted by Crippen LogP contribution is 2.24. The lowest BCUT2D eigenvalue weighted by molar-refractivity contribution is -0.119. The van der Waals surface area contributed by atoms with Crippen molar-refractivity contribution < 1.29 is 9.59 Å². The summed E-state index contributed by atoms with van der Waals surface area (Å²) < 4.78 is 0. The molecule has 1 unspecified atom stereocenters. The van der Waals surface area contributed by atoms with Gasteiger partial charge in [-0.1, -0.05) is 18.5 Å². The molecule has 2 amide bonds. The van der Waals surface area contributed by atoms with E-state index in [1.54, 1.807) is 37.1 Å². The maximum Gasteiger partial charge on any atom is 0.253 e. The first-order valence-electron chi connectivity index (χ1n) is 6.85. The Morgan fingerprint density at radius 2 is 1.91 bits per heavy atom. The Morgan fingerprint density at radius 3 is 2.41 bits per heavy atom. The van der Waals surface area contributed by atoms with Crippen molar-refractivity contribution in [1.82, 2.24) is 4.90 Å². The van der Waals surface area contributed by atoms with Gasteiger partial charge < -0.3 is 16.0 Å². The molecule has 0 fully saturated rings. The number of amides is 2. The third-order valence-corrected chi connectivity index (χ3v) is 3.70. The number of hydrogen-bond acceptors (Lipinski definition) is 3. The van der Waals surface area contributed by atoms with E-state index in [0.717, 1.165) is 0 Å². The van der Waals surface area contributed by atoms with Gasteiger partial charge in [-0.15, -0.1) is 12.4 Å². The fourth-order valence-electron chi connectivity index (χ4n) is 1.56. The van der Waals surface area contributed by atoms with Gasteiger partial charge in [0.15, 0.2) is 0 Å². The number of nitrogens with zero attached hydrogens (tertiary/aromatic N) is 1. The number of hydrogen-bond donors (Lipinski definition) is 2. The van der Waals surface area contributed by atoms with Crippen LogP contribution in [0.3, 0.4) is 0 Å². The number of halogens is 2. The quantitative estimate of drug-likeness (QED) is 0.859. The summed E-state index contributed by atoms with van der Waals surface area (Å²) in [5, 5.41) is 3.09. The Morgan fingerprint density at radius 1 is 1.32 bits per heavy atom. The average Bonchev–Trinajstić information content (AvgIpc) is 2.46. The SMILES string of the molecule is CC(CN)C(=O)Nc1cc(C(=O)N(C)C(C)C)ccc1Cl.Cl. The largest absolute Gasteiger partial charge is 0.339 e. The second kappa shape index (κ2) is 8.98. The molecule has 3 N–H and O–H groups in total. The minimum Gasteiger partial charge on any atom is -0.339 e. The zero-order valence-electron chi connectivity index (χ0n) is 13.2. The van der Waals surface area contributed by atoms with E-state index in [9.17, 15) is 9.59 Å². The van der Waals surface area contributed by atoms with Crippen LogP contribution in [0.25, 0.3) is 0 Å². The topological polar surface area (TPSA) is 75.4 Å². The molecule has 0 saturated carbocycles. The van der Waals surface area contributed by atoms with Crippen molar-refractivity contribution in [3.05, 3.63) is 28.8 Å². The molecule has 1 atom stereocenters. The summed E-state index contributed by atoms with van der Waals surface area (Å²) in [6.45, 7) is 5.84. The summed E-state index contributed by atoms with van der Waals surface area (Å²) >= 11 is 6.06. The van der Waals surface area contributed by atoms with E-state index in [1.807, 2.05) is 13.8 Å². The Balaban J connectivity index is 0.00000441. The third-order valence-electron chi connectivity index (χ3n) is 3.37. The molecule has 0 aliphatic heterocycles. The van der Waals surface area contributed by atoms with Gasteiger partial charge in [0.25, 0.3) is 5.91 Å². The van der Waals surface area contributed by atoms with Crippen molar-refractivity contribution >= 4 is 41.5 Å². The van der Waals surface area contributed by atoms with Crippen LogP contribution in [0.1, 0.15) is 31.1 Å². The van der Waals surface area contributed by atoms with E-state index in [1.165, 1.54) is 0 Å². The summed E-state index contributed by atoms with van der Waals surface area (Å²) in [7, 11) is 1.73. The minimum absolute atomic E-state index is 0. The molecule has 0 heterocycles. The first-order chi connectivity index (χ1) is 9.77. The normalized spacial score (nSPS) is 11.6. The molecule has 0 bridgehead atoms. The monoisotopic (exact) mass is 347 g/mol. The molecule has 1 aromatic carbocycles. The summed E-state index contributed by atoms with van der Waals surface area (Å²) in [6.07, 6.45) is 0. The summed E-state index contributed by atoms with van der Waals surface area (Å²) in [5.41, 5.74) is 6.36. The van der Waals surface area contributed by atoms with Crippen LogP contribution in [-0.4, -0.2) is 36.3 Å². The van der Waals surface area contributed by atoms with Crippen molar-refractivity contribution in [1.29, 1.82) is 0 Å². The van der Waals surface area contributed by atoms with Crippen molar-refractivity contribution in [2.24, 2.45) is 11.7 Å². The number of carbonyl (C=O) groups excluding carboxylic acids is 2. The zero-order chi connectivity index (χ0) is 16.2. The Kier molecular flexibility index (Phi) is 8.45. The molecule has 5 nitrogen and oxygen atoms in total. The molecule has 0 aromatic heterocycles. The van der Waals surface area contributed by atoms with Crippen LogP contribution in [0, 0.1) is 5.92 Å². The van der Waals surface area contributed by atoms with Gasteiger partial charge in [0.2, 0.25) is 5.91 Å². The van der Waals surface area contributed by atoms with Crippen LogP contribution in [0.4, 0.5) is 5.69 Å². The van der Waals surface area contributed by atoms with Crippen LogP contribution in [0.15, 0.2) is 18.2 Å². The number of nitrogens with two attached hydrogens (primary N) is 1. The molecule has 1 aromatic rings. The van der Waals surface area contributed by atoms with Gasteiger partial charge in [-0.2, -0.15) is 0 Å². The molecular weight excluding hydrogens is 325 g/mol. The maximum absolute atomic E-state index is 12.3. The minimum atomic E-state index is -0.321. The van der Waals surface area contributed by atoms with Crippen LogP contribution < -0.4 is 11.1 Å². The predicted molar refractivity (Wildman–Crippen MR) is 92.8 cm³/mol. The molecular formula is C15H23Cl2N3O2. The van der Waals surface area contributed by atoms with E-state index >= 15 is 0 Å². The maximum atomic E-state index is 12.3. The van der Waals surface area contributed by atoms with E-state index in [0.29, 0.717) is 16.3 Å². The van der Waals surface area contributed by atoms with E-state index in [4.69, 9.17) is 17.3 Å². The molecule has 0 spiro atoms. The Labute approximate surface area is 142 Å². The molecule has 0 aliphatic rings. The number of carbonyl (C=O) groups is 2. The van der Waals surface area contributed by atoms with Crippen molar-refractivity contribution in [3.8, 4) is 0 Å². The van der Waals surface area contributed by atoms with Crippen molar-refractivity contribution in [2.75, 3.05) is 18.9 Å². The van der Waals surface area contributed by atoms with Crippen LogP contribution in [-0.2, 0) is 4.79 Å². The molecule has 0 radical (unpaired) electrons. The zero-order valence-corrected chi connectivity index (χ0v) is 14.8. The van der Waals surface area contributed by atoms with Gasteiger partial charge in [-0.05, 0) is 32.0 Å². The van der Waals surface area contributed by atoms with Crippen molar-refractivity contribution in [2.45, 2.75) is 26.8 Å². The molecule has 0 saturated heterocycles. The van der Waals surface area contributed by atoms with Crippen LogP contribution >= 0.6 is 24.0 Å². The number of nitrogens with one attached hydrogen (secondary N) is 1. The number of rotatable bonds is 5. The lowest BCUT2D eigenvalue weighted by Crippen LogP contribution is -2.33. The van der Waals surface area contributed by atoms with Crippen LogP contribution in [0.2, 0.25) is 5.02 Å². The molecule has 22 heavy (non-hydrogen) atoms. The van der Waals surface area contributed by atoms with E-state index < -0.39 is 0 Å². The second-order valence-electron chi connectivity index (χ2n) is 5.33. The molecule has 0 aliphatic carbocycles. The molecule has 7 heteroatoms. The number of anilines is 1. The van der Waals surface area contributed by atoms with E-state index in [-0.39, 0.29) is 42.7 Å². The fraction of sp³-hybridized carbons (Fsp3) is 0.467. The van der Waals surface area contributed by atoms with E-state index in [2.05, 4.69) is 5.32 Å². The smallest absolute Gasteiger partial charge is 0.253 e.